The summed E-state index contributed by atoms with van der Waals surface area (Å²) in [5.74, 6) is -0.547. The number of aliphatic hydroxyl groups excluding tert-OH is 2. The van der Waals surface area contributed by atoms with Gasteiger partial charge in [0.15, 0.2) is 0 Å². The lowest BCUT2D eigenvalue weighted by Crippen LogP contribution is -2.46. The molecule has 0 aliphatic carbocycles. The maximum Gasteiger partial charge on any atom is 0.306 e. The van der Waals surface area contributed by atoms with Gasteiger partial charge in [-0.15, -0.1) is 0 Å². The molecule has 0 aliphatic heterocycles. The van der Waals surface area contributed by atoms with Crippen LogP contribution in [0.4, 0.5) is 0 Å². The highest BCUT2D eigenvalue weighted by atomic mass is 16.5. The second-order valence-electron chi connectivity index (χ2n) is 17.0. The minimum absolute atomic E-state index is 0.0444. The first-order valence-electron chi connectivity index (χ1n) is 25.4. The number of esters is 1. The second-order valence-corrected chi connectivity index (χ2v) is 17.0. The third-order valence-electron chi connectivity index (χ3n) is 11.1. The average Bonchev–Trinajstić information content (AvgIpc) is 3.25. The van der Waals surface area contributed by atoms with Gasteiger partial charge in [-0.3, -0.25) is 9.59 Å². The summed E-state index contributed by atoms with van der Waals surface area (Å²) < 4.78 is 5.89. The molecule has 3 atom stereocenters. The van der Waals surface area contributed by atoms with Crippen molar-refractivity contribution in [2.45, 2.75) is 244 Å². The van der Waals surface area contributed by atoms with Crippen LogP contribution in [0.5, 0.6) is 0 Å². The third-order valence-corrected chi connectivity index (χ3v) is 11.1. The van der Waals surface area contributed by atoms with Crippen molar-refractivity contribution in [2.75, 3.05) is 6.61 Å². The van der Waals surface area contributed by atoms with E-state index in [0.717, 1.165) is 83.5 Å². The van der Waals surface area contributed by atoms with Gasteiger partial charge in [0.05, 0.1) is 25.2 Å². The number of hydrogen-bond donors (Lipinski definition) is 3. The van der Waals surface area contributed by atoms with Crippen LogP contribution in [0, 0.1) is 0 Å². The van der Waals surface area contributed by atoms with E-state index in [1.165, 1.54) is 96.3 Å². The molecule has 0 saturated heterocycles. The number of carbonyl (C=O) groups excluding carboxylic acids is 2. The molecule has 6 nitrogen and oxygen atoms in total. The van der Waals surface area contributed by atoms with Crippen molar-refractivity contribution in [1.29, 1.82) is 0 Å². The molecule has 0 fully saturated rings. The Balaban J connectivity index is 4.61. The molecule has 0 aromatic carbocycles. The van der Waals surface area contributed by atoms with Crippen LogP contribution in [0.2, 0.25) is 0 Å². The summed E-state index contributed by atoms with van der Waals surface area (Å²) in [6, 6.07) is -0.719. The highest BCUT2D eigenvalue weighted by molar-refractivity contribution is 5.77. The van der Waals surface area contributed by atoms with Crippen LogP contribution in [0.3, 0.4) is 0 Å². The van der Waals surface area contributed by atoms with Crippen molar-refractivity contribution in [3.63, 3.8) is 0 Å². The zero-order valence-electron chi connectivity index (χ0n) is 39.8. The molecule has 3 N–H and O–H groups in total. The van der Waals surface area contributed by atoms with E-state index in [9.17, 15) is 19.8 Å². The van der Waals surface area contributed by atoms with Crippen molar-refractivity contribution < 1.29 is 24.5 Å². The number of amides is 1. The van der Waals surface area contributed by atoms with Crippen LogP contribution in [0.15, 0.2) is 85.1 Å². The molecule has 0 heterocycles. The lowest BCUT2D eigenvalue weighted by molar-refractivity contribution is -0.151. The Morgan fingerprint density at radius 3 is 1.43 bits per heavy atom. The standard InChI is InChI=1S/C55H95NO5/c1-4-7-10-13-16-19-22-24-26-27-29-31-33-36-39-42-45-48-55(60)61-51(46-43-40-37-34-21-18-15-12-9-6-3)49-54(59)56-52(50-57)53(58)47-44-41-38-35-32-30-28-25-23-20-17-14-11-8-5-2/h7,10,13,16,18-19,21-22,24,26-27,29,31,33,51-53,57-58H,4-6,8-9,11-12,14-15,17,20,23,25,28,30,32,34-50H2,1-3H3,(H,56,59)/b10-7-,16-13+,21-18-,22-19+,26-24-,29-27+,33-31+. The van der Waals surface area contributed by atoms with Gasteiger partial charge in [-0.1, -0.05) is 228 Å². The van der Waals surface area contributed by atoms with Crippen LogP contribution in [-0.2, 0) is 14.3 Å². The first-order valence-corrected chi connectivity index (χ1v) is 25.4. The Hall–Kier alpha value is -2.96. The molecule has 0 rings (SSSR count). The van der Waals surface area contributed by atoms with Crippen LogP contribution in [0.1, 0.15) is 226 Å². The Bertz CT molecular complexity index is 1180. The van der Waals surface area contributed by atoms with E-state index in [1.807, 2.05) is 54.7 Å². The highest BCUT2D eigenvalue weighted by Gasteiger charge is 2.24. The zero-order valence-corrected chi connectivity index (χ0v) is 39.8. The zero-order chi connectivity index (χ0) is 44.5. The number of rotatable bonds is 44. The van der Waals surface area contributed by atoms with Gasteiger partial charge in [0, 0.05) is 6.42 Å². The van der Waals surface area contributed by atoms with Gasteiger partial charge in [0.25, 0.3) is 0 Å². The Kier molecular flexibility index (Phi) is 45.7. The largest absolute Gasteiger partial charge is 0.462 e. The normalized spacial score (nSPS) is 14.0. The number of carbonyl (C=O) groups is 2. The van der Waals surface area contributed by atoms with Crippen LogP contribution < -0.4 is 5.32 Å². The van der Waals surface area contributed by atoms with Gasteiger partial charge in [0.1, 0.15) is 6.10 Å². The van der Waals surface area contributed by atoms with Crippen molar-refractivity contribution in [3.05, 3.63) is 85.1 Å². The minimum Gasteiger partial charge on any atom is -0.462 e. The molecule has 3 unspecified atom stereocenters. The summed E-state index contributed by atoms with van der Waals surface area (Å²) in [5.41, 5.74) is 0. The number of nitrogens with one attached hydrogen (secondary N) is 1. The third kappa shape index (κ3) is 43.5. The number of aliphatic hydroxyl groups is 2. The Morgan fingerprint density at radius 2 is 0.902 bits per heavy atom. The fourth-order valence-corrected chi connectivity index (χ4v) is 7.28. The van der Waals surface area contributed by atoms with Crippen LogP contribution in [0.25, 0.3) is 0 Å². The fraction of sp³-hybridized carbons (Fsp3) is 0.709. The van der Waals surface area contributed by atoms with E-state index in [0.29, 0.717) is 19.3 Å². The van der Waals surface area contributed by atoms with E-state index in [4.69, 9.17) is 4.74 Å². The van der Waals surface area contributed by atoms with Crippen molar-refractivity contribution in [2.24, 2.45) is 0 Å². The molecule has 0 aliphatic rings. The summed E-state index contributed by atoms with van der Waals surface area (Å²) in [7, 11) is 0. The van der Waals surface area contributed by atoms with E-state index >= 15 is 0 Å². The summed E-state index contributed by atoms with van der Waals surface area (Å²) >= 11 is 0. The van der Waals surface area contributed by atoms with E-state index in [2.05, 4.69) is 56.5 Å². The van der Waals surface area contributed by atoms with Crippen molar-refractivity contribution in [1.82, 2.24) is 5.32 Å². The summed E-state index contributed by atoms with van der Waals surface area (Å²) in [4.78, 5) is 26.1. The molecule has 61 heavy (non-hydrogen) atoms. The number of allylic oxidation sites excluding steroid dienone is 14. The molecule has 0 bridgehead atoms. The van der Waals surface area contributed by atoms with Gasteiger partial charge in [-0.2, -0.15) is 0 Å². The first kappa shape index (κ1) is 58.0. The minimum atomic E-state index is -0.803. The number of hydrogen-bond acceptors (Lipinski definition) is 5. The predicted molar refractivity (Wildman–Crippen MR) is 264 cm³/mol. The molecular formula is C55H95NO5. The summed E-state index contributed by atoms with van der Waals surface area (Å²) in [6.45, 7) is 6.29. The molecule has 350 valence electrons. The molecule has 0 aromatic heterocycles. The van der Waals surface area contributed by atoms with E-state index < -0.39 is 18.2 Å². The molecule has 0 spiro atoms. The Labute approximate surface area is 376 Å². The summed E-state index contributed by atoms with van der Waals surface area (Å²) in [6.07, 6.45) is 62.1. The molecule has 0 saturated carbocycles. The molecule has 0 radical (unpaired) electrons. The maximum atomic E-state index is 13.2. The number of unbranched alkanes of at least 4 members (excludes halogenated alkanes) is 23. The lowest BCUT2D eigenvalue weighted by atomic mass is 10.0. The maximum absolute atomic E-state index is 13.2. The SMILES string of the molecule is CC\C=C/C=C/C=C/C=C\C=C\C=C\CCCCCC(=O)OC(CCCCC/C=C\CCCCC)CC(=O)NC(CO)C(O)CCCCCCCCCCCCCCCCC. The number of ether oxygens (including phenoxy) is 1. The molecular weight excluding hydrogens is 755 g/mol. The lowest BCUT2D eigenvalue weighted by Gasteiger charge is -2.24. The van der Waals surface area contributed by atoms with Crippen LogP contribution in [-0.4, -0.2) is 46.9 Å². The predicted octanol–water partition coefficient (Wildman–Crippen LogP) is 15.2. The Morgan fingerprint density at radius 1 is 0.492 bits per heavy atom. The first-order chi connectivity index (χ1) is 30.0. The fourth-order valence-electron chi connectivity index (χ4n) is 7.28. The van der Waals surface area contributed by atoms with Gasteiger partial charge >= 0.3 is 5.97 Å². The van der Waals surface area contributed by atoms with E-state index in [1.54, 1.807) is 0 Å². The second kappa shape index (κ2) is 48.1. The highest BCUT2D eigenvalue weighted by Crippen LogP contribution is 2.17. The van der Waals surface area contributed by atoms with Crippen molar-refractivity contribution in [3.8, 4) is 0 Å². The van der Waals surface area contributed by atoms with Gasteiger partial charge in [0.2, 0.25) is 5.91 Å². The van der Waals surface area contributed by atoms with Gasteiger partial charge in [-0.25, -0.2) is 0 Å². The van der Waals surface area contributed by atoms with Crippen LogP contribution >= 0.6 is 0 Å². The molecule has 1 amide bonds. The van der Waals surface area contributed by atoms with Gasteiger partial charge in [-0.05, 0) is 70.6 Å². The average molecular weight is 850 g/mol. The topological polar surface area (TPSA) is 95.9 Å². The van der Waals surface area contributed by atoms with E-state index in [-0.39, 0.29) is 24.9 Å². The monoisotopic (exact) mass is 850 g/mol. The van der Waals surface area contributed by atoms with Gasteiger partial charge < -0.3 is 20.3 Å². The summed E-state index contributed by atoms with van der Waals surface area (Å²) in [5, 5.41) is 23.7. The molecule has 0 aromatic rings. The quantitative estimate of drug-likeness (QED) is 0.0246. The molecule has 6 heteroatoms. The van der Waals surface area contributed by atoms with Crippen molar-refractivity contribution >= 4 is 11.9 Å². The smallest absolute Gasteiger partial charge is 0.306 e.